The van der Waals surface area contributed by atoms with Crippen LogP contribution in [0, 0.1) is 5.92 Å². The zero-order valence-electron chi connectivity index (χ0n) is 12.8. The summed E-state index contributed by atoms with van der Waals surface area (Å²) in [5.41, 5.74) is 0. The molecule has 1 fully saturated rings. The smallest absolute Gasteiger partial charge is 0.204 e. The van der Waals surface area contributed by atoms with E-state index in [9.17, 15) is 0 Å². The van der Waals surface area contributed by atoms with Gasteiger partial charge in [0.25, 0.3) is 0 Å². The van der Waals surface area contributed by atoms with Crippen LogP contribution in [0.2, 0.25) is 0 Å². The number of hydrogen-bond acceptors (Lipinski definition) is 6. The van der Waals surface area contributed by atoms with E-state index in [1.165, 1.54) is 13.0 Å². The molecule has 0 bridgehead atoms. The Morgan fingerprint density at radius 3 is 2.75 bits per heavy atom. The standard InChI is InChI=1S/C14H25N5O/c1-10(2)19-6-5-11(8-19)7-16-14-12(20-4)13(15-3)17-9-18-14/h9-11H,5-8H2,1-4H3,(H2,15,16,17,18). The van der Waals surface area contributed by atoms with Crippen LogP contribution in [-0.4, -0.2) is 54.7 Å². The van der Waals surface area contributed by atoms with Crippen molar-refractivity contribution < 1.29 is 4.74 Å². The van der Waals surface area contributed by atoms with Crippen LogP contribution < -0.4 is 15.4 Å². The van der Waals surface area contributed by atoms with Gasteiger partial charge < -0.3 is 20.3 Å². The van der Waals surface area contributed by atoms with Gasteiger partial charge in [-0.15, -0.1) is 0 Å². The fourth-order valence-electron chi connectivity index (χ4n) is 2.61. The van der Waals surface area contributed by atoms with Crippen molar-refractivity contribution in [3.05, 3.63) is 6.33 Å². The molecule has 1 aliphatic heterocycles. The summed E-state index contributed by atoms with van der Waals surface area (Å²) < 4.78 is 5.38. The highest BCUT2D eigenvalue weighted by molar-refractivity contribution is 5.63. The lowest BCUT2D eigenvalue weighted by Gasteiger charge is -2.20. The highest BCUT2D eigenvalue weighted by atomic mass is 16.5. The van der Waals surface area contributed by atoms with Crippen LogP contribution in [0.5, 0.6) is 5.75 Å². The molecule has 1 saturated heterocycles. The van der Waals surface area contributed by atoms with Crippen molar-refractivity contribution in [1.29, 1.82) is 0 Å². The summed E-state index contributed by atoms with van der Waals surface area (Å²) in [6, 6.07) is 0.629. The average molecular weight is 279 g/mol. The Morgan fingerprint density at radius 2 is 2.15 bits per heavy atom. The largest absolute Gasteiger partial charge is 0.490 e. The molecule has 112 valence electrons. The average Bonchev–Trinajstić information content (AvgIpc) is 2.93. The minimum atomic E-state index is 0.629. The van der Waals surface area contributed by atoms with Crippen molar-refractivity contribution in [1.82, 2.24) is 14.9 Å². The Labute approximate surface area is 120 Å². The van der Waals surface area contributed by atoms with Crippen molar-refractivity contribution in [2.45, 2.75) is 26.3 Å². The molecule has 0 radical (unpaired) electrons. The van der Waals surface area contributed by atoms with E-state index >= 15 is 0 Å². The molecule has 1 aromatic rings. The second kappa shape index (κ2) is 6.74. The van der Waals surface area contributed by atoms with Crippen molar-refractivity contribution in [2.24, 2.45) is 5.92 Å². The summed E-state index contributed by atoms with van der Waals surface area (Å²) in [6.07, 6.45) is 2.78. The number of methoxy groups -OCH3 is 1. The third kappa shape index (κ3) is 3.30. The summed E-state index contributed by atoms with van der Waals surface area (Å²) >= 11 is 0. The Kier molecular flexibility index (Phi) is 5.00. The van der Waals surface area contributed by atoms with Crippen LogP contribution in [0.4, 0.5) is 11.6 Å². The summed E-state index contributed by atoms with van der Waals surface area (Å²) in [5, 5.41) is 6.41. The SMILES string of the molecule is CNc1ncnc(NCC2CCN(C(C)C)C2)c1OC. The Morgan fingerprint density at radius 1 is 1.40 bits per heavy atom. The van der Waals surface area contributed by atoms with Crippen LogP contribution in [0.15, 0.2) is 6.33 Å². The predicted molar refractivity (Wildman–Crippen MR) is 81.4 cm³/mol. The first kappa shape index (κ1) is 14.8. The van der Waals surface area contributed by atoms with E-state index in [0.29, 0.717) is 23.5 Å². The highest BCUT2D eigenvalue weighted by Crippen LogP contribution is 2.29. The van der Waals surface area contributed by atoms with E-state index in [1.807, 2.05) is 7.05 Å². The summed E-state index contributed by atoms with van der Waals surface area (Å²) in [7, 11) is 3.47. The maximum absolute atomic E-state index is 5.38. The molecular weight excluding hydrogens is 254 g/mol. The lowest BCUT2D eigenvalue weighted by atomic mass is 10.1. The first-order valence-corrected chi connectivity index (χ1v) is 7.20. The first-order chi connectivity index (χ1) is 9.65. The van der Waals surface area contributed by atoms with Gasteiger partial charge in [-0.25, -0.2) is 9.97 Å². The molecule has 0 amide bonds. The quantitative estimate of drug-likeness (QED) is 0.826. The molecular formula is C14H25N5O. The predicted octanol–water partition coefficient (Wildman–Crippen LogP) is 1.67. The lowest BCUT2D eigenvalue weighted by Crippen LogP contribution is -2.29. The number of rotatable bonds is 6. The zero-order chi connectivity index (χ0) is 14.5. The van der Waals surface area contributed by atoms with E-state index < -0.39 is 0 Å². The first-order valence-electron chi connectivity index (χ1n) is 7.20. The second-order valence-corrected chi connectivity index (χ2v) is 5.48. The Hall–Kier alpha value is -1.56. The van der Waals surface area contributed by atoms with E-state index in [0.717, 1.165) is 18.9 Å². The van der Waals surface area contributed by atoms with Gasteiger partial charge in [0.1, 0.15) is 6.33 Å². The zero-order valence-corrected chi connectivity index (χ0v) is 12.8. The molecule has 1 aromatic heterocycles. The second-order valence-electron chi connectivity index (χ2n) is 5.48. The van der Waals surface area contributed by atoms with Gasteiger partial charge in [-0.3, -0.25) is 0 Å². The lowest BCUT2D eigenvalue weighted by molar-refractivity contribution is 0.266. The van der Waals surface area contributed by atoms with Crippen LogP contribution >= 0.6 is 0 Å². The molecule has 6 heteroatoms. The number of ether oxygens (including phenoxy) is 1. The minimum Gasteiger partial charge on any atom is -0.490 e. The van der Waals surface area contributed by atoms with E-state index in [4.69, 9.17) is 4.74 Å². The van der Waals surface area contributed by atoms with Gasteiger partial charge in [0.05, 0.1) is 7.11 Å². The van der Waals surface area contributed by atoms with E-state index in [1.54, 1.807) is 13.4 Å². The van der Waals surface area contributed by atoms with Gasteiger partial charge in [0, 0.05) is 26.2 Å². The van der Waals surface area contributed by atoms with Gasteiger partial charge in [-0.2, -0.15) is 0 Å². The summed E-state index contributed by atoms with van der Waals surface area (Å²) in [6.45, 7) is 7.76. The molecule has 0 saturated carbocycles. The molecule has 2 rings (SSSR count). The van der Waals surface area contributed by atoms with Crippen LogP contribution in [0.1, 0.15) is 20.3 Å². The van der Waals surface area contributed by atoms with Crippen LogP contribution in [0.25, 0.3) is 0 Å². The molecule has 2 heterocycles. The molecule has 0 spiro atoms. The number of hydrogen-bond donors (Lipinski definition) is 2. The van der Waals surface area contributed by atoms with Gasteiger partial charge in [-0.1, -0.05) is 0 Å². The molecule has 0 aromatic carbocycles. The van der Waals surface area contributed by atoms with Gasteiger partial charge >= 0.3 is 0 Å². The maximum Gasteiger partial charge on any atom is 0.204 e. The molecule has 20 heavy (non-hydrogen) atoms. The van der Waals surface area contributed by atoms with E-state index in [2.05, 4.69) is 39.3 Å². The van der Waals surface area contributed by atoms with Gasteiger partial charge in [-0.05, 0) is 32.7 Å². The van der Waals surface area contributed by atoms with Gasteiger partial charge in [0.2, 0.25) is 5.75 Å². The Bertz CT molecular complexity index is 438. The molecule has 1 atom stereocenters. The molecule has 1 aliphatic rings. The minimum absolute atomic E-state index is 0.629. The third-order valence-corrected chi connectivity index (χ3v) is 3.85. The Balaban J connectivity index is 1.95. The number of aromatic nitrogens is 2. The van der Waals surface area contributed by atoms with Gasteiger partial charge in [0.15, 0.2) is 11.6 Å². The number of nitrogens with zero attached hydrogens (tertiary/aromatic N) is 3. The monoisotopic (exact) mass is 279 g/mol. The van der Waals surface area contributed by atoms with E-state index in [-0.39, 0.29) is 0 Å². The topological polar surface area (TPSA) is 62.3 Å². The van der Waals surface area contributed by atoms with Crippen molar-refractivity contribution in [2.75, 3.05) is 44.4 Å². The number of nitrogens with one attached hydrogen (secondary N) is 2. The van der Waals surface area contributed by atoms with Crippen molar-refractivity contribution >= 4 is 11.6 Å². The fourth-order valence-corrected chi connectivity index (χ4v) is 2.61. The molecule has 6 nitrogen and oxygen atoms in total. The molecule has 0 aliphatic carbocycles. The normalized spacial score (nSPS) is 19.4. The maximum atomic E-state index is 5.38. The van der Waals surface area contributed by atoms with Crippen molar-refractivity contribution in [3.63, 3.8) is 0 Å². The summed E-state index contributed by atoms with van der Waals surface area (Å²) in [4.78, 5) is 10.9. The van der Waals surface area contributed by atoms with Crippen LogP contribution in [-0.2, 0) is 0 Å². The fraction of sp³-hybridized carbons (Fsp3) is 0.714. The molecule has 1 unspecified atom stereocenters. The highest BCUT2D eigenvalue weighted by Gasteiger charge is 2.24. The van der Waals surface area contributed by atoms with Crippen molar-refractivity contribution in [3.8, 4) is 5.75 Å². The number of anilines is 2. The number of likely N-dealkylation sites (tertiary alicyclic amines) is 1. The third-order valence-electron chi connectivity index (χ3n) is 3.85. The summed E-state index contributed by atoms with van der Waals surface area (Å²) in [5.74, 6) is 2.80. The van der Waals surface area contributed by atoms with Crippen LogP contribution in [0.3, 0.4) is 0 Å². The molecule has 2 N–H and O–H groups in total.